The molecule has 25 heavy (non-hydrogen) atoms. The van der Waals surface area contributed by atoms with E-state index >= 15 is 0 Å². The Balaban J connectivity index is 1.78. The summed E-state index contributed by atoms with van der Waals surface area (Å²) in [6, 6.07) is 12.7. The summed E-state index contributed by atoms with van der Waals surface area (Å²) in [5.41, 5.74) is 1.55. The second-order valence-corrected chi connectivity index (χ2v) is 6.45. The molecule has 0 amide bonds. The van der Waals surface area contributed by atoms with Crippen molar-refractivity contribution in [3.8, 4) is 6.07 Å². The minimum Gasteiger partial charge on any atom is -0.424 e. The maximum atomic E-state index is 9.31. The van der Waals surface area contributed by atoms with Crippen LogP contribution in [-0.4, -0.2) is 42.7 Å². The van der Waals surface area contributed by atoms with Crippen molar-refractivity contribution in [3.05, 3.63) is 47.5 Å². The Hall–Kier alpha value is -2.36. The number of nitriles is 1. The molecule has 1 aromatic carbocycles. The minimum absolute atomic E-state index is 0.145. The van der Waals surface area contributed by atoms with Gasteiger partial charge in [-0.05, 0) is 5.56 Å². The van der Waals surface area contributed by atoms with Crippen LogP contribution in [0, 0.1) is 11.3 Å². The van der Waals surface area contributed by atoms with E-state index in [2.05, 4.69) is 45.5 Å². The number of aromatic nitrogens is 1. The van der Waals surface area contributed by atoms with Crippen LogP contribution in [0.1, 0.15) is 43.0 Å². The third-order valence-electron chi connectivity index (χ3n) is 4.37. The lowest BCUT2D eigenvalue weighted by molar-refractivity contribution is 0.0186. The van der Waals surface area contributed by atoms with Gasteiger partial charge in [-0.2, -0.15) is 5.26 Å². The fraction of sp³-hybridized carbons (Fsp3) is 0.474. The Morgan fingerprint density at radius 1 is 1.24 bits per heavy atom. The van der Waals surface area contributed by atoms with E-state index in [-0.39, 0.29) is 12.0 Å². The number of anilines is 1. The number of hydrogen-bond acceptors (Lipinski definition) is 6. The van der Waals surface area contributed by atoms with Gasteiger partial charge < -0.3 is 14.5 Å². The van der Waals surface area contributed by atoms with Crippen LogP contribution in [0.4, 0.5) is 5.88 Å². The van der Waals surface area contributed by atoms with Crippen LogP contribution in [0.25, 0.3) is 0 Å². The van der Waals surface area contributed by atoms with Gasteiger partial charge in [0.05, 0.1) is 19.3 Å². The molecular formula is C19H24N4O2. The Labute approximate surface area is 148 Å². The van der Waals surface area contributed by atoms with E-state index in [0.717, 1.165) is 26.3 Å². The standard InChI is InChI=1S/C19H24N4O2/c1-14(2)18-22-16(12-20)19(25-18)21-13-17(15-6-4-3-5-7-15)23-8-10-24-11-9-23/h3-7,14,17,21H,8-11,13H2,1-2H3. The third-order valence-corrected chi connectivity index (χ3v) is 4.37. The molecule has 1 aromatic heterocycles. The van der Waals surface area contributed by atoms with Gasteiger partial charge >= 0.3 is 0 Å². The number of hydrogen-bond donors (Lipinski definition) is 1. The second kappa shape index (κ2) is 8.15. The van der Waals surface area contributed by atoms with E-state index in [1.165, 1.54) is 5.56 Å². The van der Waals surface area contributed by atoms with Gasteiger partial charge in [-0.3, -0.25) is 4.90 Å². The van der Waals surface area contributed by atoms with Gasteiger partial charge in [0.1, 0.15) is 6.07 Å². The van der Waals surface area contributed by atoms with Gasteiger partial charge in [-0.15, -0.1) is 0 Å². The van der Waals surface area contributed by atoms with Crippen LogP contribution >= 0.6 is 0 Å². The van der Waals surface area contributed by atoms with Crippen LogP contribution in [0.15, 0.2) is 34.7 Å². The second-order valence-electron chi connectivity index (χ2n) is 6.45. The number of nitrogens with one attached hydrogen (secondary N) is 1. The molecule has 2 aromatic rings. The molecule has 1 aliphatic heterocycles. The van der Waals surface area contributed by atoms with E-state index in [1.54, 1.807) is 0 Å². The number of oxazole rings is 1. The summed E-state index contributed by atoms with van der Waals surface area (Å²) in [5, 5.41) is 12.6. The predicted molar refractivity (Wildman–Crippen MR) is 95.4 cm³/mol. The Bertz CT molecular complexity index is 715. The van der Waals surface area contributed by atoms with Gasteiger partial charge in [0.15, 0.2) is 0 Å². The highest BCUT2D eigenvalue weighted by Gasteiger charge is 2.24. The number of nitrogens with zero attached hydrogens (tertiary/aromatic N) is 3. The highest BCUT2D eigenvalue weighted by Crippen LogP contribution is 2.26. The number of ether oxygens (including phenoxy) is 1. The first-order chi connectivity index (χ1) is 12.2. The third kappa shape index (κ3) is 4.19. The summed E-state index contributed by atoms with van der Waals surface area (Å²) in [4.78, 5) is 6.67. The molecule has 6 nitrogen and oxygen atoms in total. The van der Waals surface area contributed by atoms with Crippen molar-refractivity contribution in [1.82, 2.24) is 9.88 Å². The van der Waals surface area contributed by atoms with Crippen LogP contribution in [0.5, 0.6) is 0 Å². The topological polar surface area (TPSA) is 74.3 Å². The monoisotopic (exact) mass is 340 g/mol. The molecule has 2 heterocycles. The lowest BCUT2D eigenvalue weighted by atomic mass is 10.0. The summed E-state index contributed by atoms with van der Waals surface area (Å²) < 4.78 is 11.2. The smallest absolute Gasteiger partial charge is 0.232 e. The highest BCUT2D eigenvalue weighted by molar-refractivity contribution is 5.46. The van der Waals surface area contributed by atoms with Gasteiger partial charge in [0.25, 0.3) is 0 Å². The predicted octanol–water partition coefficient (Wildman–Crippen LogP) is 3.16. The van der Waals surface area contributed by atoms with Gasteiger partial charge in [0.2, 0.25) is 17.5 Å². The lowest BCUT2D eigenvalue weighted by Gasteiger charge is -2.34. The van der Waals surface area contributed by atoms with E-state index in [9.17, 15) is 5.26 Å². The molecule has 1 atom stereocenters. The fourth-order valence-corrected chi connectivity index (χ4v) is 2.99. The Morgan fingerprint density at radius 2 is 1.96 bits per heavy atom. The molecule has 0 radical (unpaired) electrons. The first-order valence-corrected chi connectivity index (χ1v) is 8.70. The molecule has 0 spiro atoms. The molecular weight excluding hydrogens is 316 g/mol. The molecule has 1 N–H and O–H groups in total. The molecule has 6 heteroatoms. The largest absolute Gasteiger partial charge is 0.424 e. The molecule has 1 unspecified atom stereocenters. The highest BCUT2D eigenvalue weighted by atomic mass is 16.5. The van der Waals surface area contributed by atoms with E-state index in [1.807, 2.05) is 19.9 Å². The van der Waals surface area contributed by atoms with Crippen LogP contribution < -0.4 is 5.32 Å². The van der Waals surface area contributed by atoms with Crippen molar-refractivity contribution >= 4 is 5.88 Å². The summed E-state index contributed by atoms with van der Waals surface area (Å²) in [7, 11) is 0. The number of benzene rings is 1. The van der Waals surface area contributed by atoms with Crippen molar-refractivity contribution in [3.63, 3.8) is 0 Å². The number of morpholine rings is 1. The summed E-state index contributed by atoms with van der Waals surface area (Å²) in [5.74, 6) is 1.19. The summed E-state index contributed by atoms with van der Waals surface area (Å²) in [6.07, 6.45) is 0. The zero-order valence-corrected chi connectivity index (χ0v) is 14.7. The fourth-order valence-electron chi connectivity index (χ4n) is 2.99. The minimum atomic E-state index is 0.145. The molecule has 1 saturated heterocycles. The molecule has 1 fully saturated rings. The van der Waals surface area contributed by atoms with E-state index < -0.39 is 0 Å². The van der Waals surface area contributed by atoms with Crippen molar-refractivity contribution in [2.45, 2.75) is 25.8 Å². The van der Waals surface area contributed by atoms with Crippen LogP contribution in [-0.2, 0) is 4.74 Å². The molecule has 0 saturated carbocycles. The molecule has 0 bridgehead atoms. The van der Waals surface area contributed by atoms with Crippen LogP contribution in [0.3, 0.4) is 0 Å². The van der Waals surface area contributed by atoms with E-state index in [0.29, 0.717) is 24.0 Å². The quantitative estimate of drug-likeness (QED) is 0.871. The zero-order chi connectivity index (χ0) is 17.6. The normalized spacial score (nSPS) is 16.6. The first kappa shape index (κ1) is 17.5. The molecule has 3 rings (SSSR count). The van der Waals surface area contributed by atoms with E-state index in [4.69, 9.17) is 9.15 Å². The lowest BCUT2D eigenvalue weighted by Crippen LogP contribution is -2.41. The Kier molecular flexibility index (Phi) is 5.69. The van der Waals surface area contributed by atoms with Crippen molar-refractivity contribution in [2.24, 2.45) is 0 Å². The first-order valence-electron chi connectivity index (χ1n) is 8.70. The van der Waals surface area contributed by atoms with Crippen molar-refractivity contribution in [1.29, 1.82) is 5.26 Å². The summed E-state index contributed by atoms with van der Waals surface area (Å²) >= 11 is 0. The van der Waals surface area contributed by atoms with Gasteiger partial charge in [-0.1, -0.05) is 44.2 Å². The zero-order valence-electron chi connectivity index (χ0n) is 14.7. The maximum Gasteiger partial charge on any atom is 0.232 e. The average molecular weight is 340 g/mol. The SMILES string of the molecule is CC(C)c1nc(C#N)c(NCC(c2ccccc2)N2CCOCC2)o1. The maximum absolute atomic E-state index is 9.31. The number of rotatable bonds is 6. The summed E-state index contributed by atoms with van der Waals surface area (Å²) in [6.45, 7) is 7.90. The van der Waals surface area contributed by atoms with Crippen molar-refractivity contribution < 1.29 is 9.15 Å². The molecule has 1 aliphatic rings. The molecule has 132 valence electrons. The van der Waals surface area contributed by atoms with Crippen LogP contribution in [0.2, 0.25) is 0 Å². The Morgan fingerprint density at radius 3 is 2.60 bits per heavy atom. The van der Waals surface area contributed by atoms with Gasteiger partial charge in [-0.25, -0.2) is 4.98 Å². The van der Waals surface area contributed by atoms with Gasteiger partial charge in [0, 0.05) is 25.6 Å². The average Bonchev–Trinajstić information content (AvgIpc) is 3.07. The van der Waals surface area contributed by atoms with Crippen molar-refractivity contribution in [2.75, 3.05) is 38.2 Å². The molecule has 0 aliphatic carbocycles.